The van der Waals surface area contributed by atoms with Crippen molar-refractivity contribution in [3.63, 3.8) is 0 Å². The first kappa shape index (κ1) is 71.8. The minimum Gasteiger partial charge on any atom is -0.748 e. The van der Waals surface area contributed by atoms with E-state index in [0.29, 0.717) is 72.8 Å². The van der Waals surface area contributed by atoms with Crippen molar-refractivity contribution < 1.29 is 121 Å². The number of nitrogens with two attached hydrogens (primary N) is 1. The molecule has 3 aliphatic rings. The predicted octanol–water partition coefficient (Wildman–Crippen LogP) is 8.81. The van der Waals surface area contributed by atoms with Crippen LogP contribution in [0.15, 0.2) is 143 Å². The summed E-state index contributed by atoms with van der Waals surface area (Å²) in [6, 6.07) is 23.3. The molecule has 0 fully saturated rings. The summed E-state index contributed by atoms with van der Waals surface area (Å²) in [5.74, 6) is -2.46. The maximum atomic E-state index is 13.5. The van der Waals surface area contributed by atoms with Gasteiger partial charge in [-0.25, -0.2) is 23.2 Å². The maximum absolute atomic E-state index is 13.5. The van der Waals surface area contributed by atoms with E-state index < -0.39 is 76.2 Å². The molecule has 0 saturated carbocycles. The number of H-pyrrole nitrogens is 1. The Morgan fingerprint density at radius 1 is 0.857 bits per heavy atom. The van der Waals surface area contributed by atoms with Crippen LogP contribution in [0.2, 0.25) is 0 Å². The van der Waals surface area contributed by atoms with E-state index in [1.807, 2.05) is 49.6 Å². The van der Waals surface area contributed by atoms with Gasteiger partial charge in [-0.2, -0.15) is 26.4 Å². The van der Waals surface area contributed by atoms with Gasteiger partial charge in [0.2, 0.25) is 11.6 Å². The maximum Gasteiger partial charge on any atom is 0.326 e. The number of nitrogens with zero attached hydrogens (tertiary/aromatic N) is 5. The van der Waals surface area contributed by atoms with Gasteiger partial charge in [-0.05, 0) is 148 Å². The van der Waals surface area contributed by atoms with E-state index in [1.54, 1.807) is 66.7 Å². The Morgan fingerprint density at radius 2 is 1.56 bits per heavy atom. The van der Waals surface area contributed by atoms with E-state index in [0.717, 1.165) is 57.0 Å². The van der Waals surface area contributed by atoms with Crippen LogP contribution in [0.25, 0.3) is 11.2 Å². The molecule has 1 aliphatic carbocycles. The standard InChI is InChI=1S/C63H71N9O14S3.W.Y.3H2/c1-39-13-25-51-48(33-39)62(2,3)53(71(51)29-6-8-31-87(77,78)79)27-19-42-11-10-12-43(20-28-54-63(4,5)49-34-41(38-89(83,84)85)16-26-52(49)72(54)30-7-9-32-88(80,81)82)56(42)86-47-23-14-40(15-24-47)35-50(60(75)76)68-58(73)44-17-21-45(22-18-44)65-36-46-37-66-57-55(67-46)59(74)70-61(64)69-57;;;;;/h13-28,33-34,37,50H,6-12,29-32,35-36,38H2,1-5H3,(H8-,64,65,66,68,69,70,73,74,75,76,77,78,79,80,81,82,83,84,85);;;3*1H/t50-;;;;;/m0...../s1/i14+1,15+1,23+1,24+1,35+1,40+1,47+1,50+1,60+1;;;;;. The summed E-state index contributed by atoms with van der Waals surface area (Å²) in [5.41, 5.74) is 14.3. The summed E-state index contributed by atoms with van der Waals surface area (Å²) in [6.45, 7) is 11.3. The van der Waals surface area contributed by atoms with Crippen molar-refractivity contribution in [1.29, 1.82) is 0 Å². The van der Waals surface area contributed by atoms with Crippen molar-refractivity contribution in [2.75, 3.05) is 40.5 Å². The fourth-order valence-electron chi connectivity index (χ4n) is 11.6. The number of aromatic nitrogens is 4. The second kappa shape index (κ2) is 29.6. The zero-order valence-corrected chi connectivity index (χ0v) is 59.0. The molecule has 2 aromatic heterocycles. The molecule has 1 radical (unpaired) electrons. The van der Waals surface area contributed by atoms with Gasteiger partial charge in [0.1, 0.15) is 29.8 Å². The number of hydrogen-bond acceptors (Lipinski definition) is 17. The molecule has 0 unspecified atom stereocenters. The predicted molar refractivity (Wildman–Crippen MR) is 344 cm³/mol. The van der Waals surface area contributed by atoms with Crippen LogP contribution in [-0.2, 0) is 118 Å². The Balaban J connectivity index is 0.00000376. The SMILES string of the molecule is Cc1ccc2c(c1)C(C)(C)/C(=C\C=C1/CCCC(/C=C/C3=[N+](CCCCS(=O)(=O)[O-])c4ccc(CS(=O)(=O)O)cc4C3(C)C)=C1O[13c]1[13cH][13cH][13c]([13CH2][13C@H](NC(=O)c3ccc(NCc4cnc5nc(N)[nH]c(=O)c5n4)cc3)[13C](=O)O)[13cH][13cH]1)N2CCCCS(=O)(=O)O.[HH].[HH].[HH].[W].[Y]. The number of rotatable bonds is 25. The molecule has 0 spiro atoms. The van der Waals surface area contributed by atoms with Crippen molar-refractivity contribution in [2.24, 2.45) is 0 Å². The van der Waals surface area contributed by atoms with E-state index in [9.17, 15) is 58.4 Å². The van der Waals surface area contributed by atoms with E-state index in [4.69, 9.17) is 10.5 Å². The number of aromatic amines is 1. The molecule has 1 amide bonds. The smallest absolute Gasteiger partial charge is 0.326 e. The number of aryl methyl sites for hydroxylation is 1. The van der Waals surface area contributed by atoms with Gasteiger partial charge in [-0.15, -0.1) is 0 Å². The van der Waals surface area contributed by atoms with Gasteiger partial charge in [0, 0.05) is 129 Å². The summed E-state index contributed by atoms with van der Waals surface area (Å²) < 4.78 is 111. The summed E-state index contributed by atoms with van der Waals surface area (Å²) in [6.07, 6.45) is 12.5. The molecule has 23 nitrogen and oxygen atoms in total. The van der Waals surface area contributed by atoms with Gasteiger partial charge in [-0.1, -0.05) is 55.8 Å². The fourth-order valence-corrected chi connectivity index (χ4v) is 13.3. The van der Waals surface area contributed by atoms with Crippen molar-refractivity contribution in [3.05, 3.63) is 187 Å². The number of carboxylic acids is 1. The van der Waals surface area contributed by atoms with E-state index >= 15 is 0 Å². The van der Waals surface area contributed by atoms with Gasteiger partial charge < -0.3 is 35.7 Å². The van der Waals surface area contributed by atoms with Gasteiger partial charge >= 0.3 is 5.97 Å². The largest absolute Gasteiger partial charge is 0.748 e. The minimum absolute atomic E-state index is 0. The average molecular weight is 1560 g/mol. The molecule has 8 N–H and O–H groups in total. The first-order valence-corrected chi connectivity index (χ1v) is 33.7. The third-order valence-electron chi connectivity index (χ3n) is 16.1. The molecular formula is C63H77N9O14S3WY. The number of anilines is 3. The third-order valence-corrected chi connectivity index (χ3v) is 18.4. The number of carbonyl (C=O) groups excluding carboxylic acids is 1. The molecule has 0 saturated heterocycles. The molecule has 0 bridgehead atoms. The van der Waals surface area contributed by atoms with Crippen molar-refractivity contribution >= 4 is 82.1 Å². The number of hydrogen-bond donors (Lipinski definition) is 7. The molecule has 1 atom stereocenters. The number of fused-ring (bicyclic) bond motifs is 3. The molecule has 4 aromatic carbocycles. The molecule has 6 aromatic rings. The van der Waals surface area contributed by atoms with E-state index in [-0.39, 0.29) is 112 Å². The summed E-state index contributed by atoms with van der Waals surface area (Å²) in [5, 5.41) is 16.1. The Hall–Kier alpha value is -6.61. The Kier molecular flexibility index (Phi) is 23.3. The van der Waals surface area contributed by atoms with Crippen LogP contribution in [0.1, 0.15) is 121 Å². The number of carboxylic acid groups (broad SMARTS) is 1. The summed E-state index contributed by atoms with van der Waals surface area (Å²) >= 11 is 0. The number of benzene rings is 4. The number of nitrogen functional groups attached to an aromatic ring is 1. The van der Waals surface area contributed by atoms with Gasteiger partial charge in [0.25, 0.3) is 31.7 Å². The third kappa shape index (κ3) is 18.2. The number of ether oxygens (including phenoxy) is 1. The normalized spacial score (nSPS) is 16.6. The van der Waals surface area contributed by atoms with Crippen molar-refractivity contribution in [2.45, 2.75) is 115 Å². The van der Waals surface area contributed by atoms with Crippen LogP contribution in [0.5, 0.6) is 5.75 Å². The summed E-state index contributed by atoms with van der Waals surface area (Å²) in [7, 11) is -13.0. The minimum atomic E-state index is -4.47. The van der Waals surface area contributed by atoms with Crippen LogP contribution >= 0.6 is 0 Å². The topological polar surface area (TPSA) is 357 Å². The average Bonchev–Trinajstić information content (AvgIpc) is 1.60. The van der Waals surface area contributed by atoms with Crippen molar-refractivity contribution in [3.8, 4) is 5.75 Å². The number of carbonyl (C=O) groups is 2. The van der Waals surface area contributed by atoms with Crippen LogP contribution in [0, 0.1) is 6.92 Å². The second-order valence-electron chi connectivity index (χ2n) is 23.5. The van der Waals surface area contributed by atoms with E-state index in [1.165, 1.54) is 6.20 Å². The number of nitrogens with one attached hydrogen (secondary N) is 3. The first-order valence-electron chi connectivity index (χ1n) is 28.9. The quantitative estimate of drug-likeness (QED) is 0.0122. The first-order chi connectivity index (χ1) is 41.9. The van der Waals surface area contributed by atoms with E-state index in [2.05, 4.69) is 67.5 Å². The number of amides is 1. The Morgan fingerprint density at radius 3 is 2.24 bits per heavy atom. The van der Waals surface area contributed by atoms with Gasteiger partial charge in [0.05, 0.1) is 39.7 Å². The molecule has 4 heterocycles. The van der Waals surface area contributed by atoms with Crippen molar-refractivity contribution in [1.82, 2.24) is 25.3 Å². The molecule has 9 rings (SSSR count). The van der Waals surface area contributed by atoms with Crippen LogP contribution in [0.3, 0.4) is 0 Å². The zero-order valence-electron chi connectivity index (χ0n) is 50.8. The zero-order chi connectivity index (χ0) is 64.2. The monoisotopic (exact) mass is 1560 g/mol. The van der Waals surface area contributed by atoms with Crippen LogP contribution in [0.4, 0.5) is 23.0 Å². The molecule has 2 aliphatic heterocycles. The van der Waals surface area contributed by atoms with Gasteiger partial charge in [0.15, 0.2) is 16.9 Å². The number of unbranched alkanes of at least 4 members (excludes halogenated alkanes) is 2. The molecule has 485 valence electrons. The molecule has 91 heavy (non-hydrogen) atoms. The molecule has 28 heteroatoms. The second-order valence-corrected chi connectivity index (χ2v) is 28.1. The number of aliphatic carboxylic acids is 1. The Labute approximate surface area is 572 Å². The van der Waals surface area contributed by atoms with Gasteiger partial charge in [-0.3, -0.25) is 23.7 Å². The number of allylic oxidation sites excluding steroid dienone is 7. The summed E-state index contributed by atoms with van der Waals surface area (Å²) in [4.78, 5) is 55.6. The molecular weight excluding hydrogens is 1480 g/mol. The van der Waals surface area contributed by atoms with Crippen LogP contribution in [-0.4, -0.2) is 117 Å². The van der Waals surface area contributed by atoms with Crippen LogP contribution < -0.4 is 31.6 Å². The fraction of sp³-hybridized carbons (Fsp3) is 0.349. The Bertz CT molecular complexity index is 4360.